The number of aromatic nitrogens is 2. The second-order valence-electron chi connectivity index (χ2n) is 7.02. The zero-order valence-electron chi connectivity index (χ0n) is 15.3. The molecule has 1 N–H and O–H groups in total. The van der Waals surface area contributed by atoms with E-state index in [9.17, 15) is 4.79 Å². The van der Waals surface area contributed by atoms with E-state index in [1.165, 1.54) is 16.8 Å². The molecule has 0 unspecified atom stereocenters. The van der Waals surface area contributed by atoms with Crippen molar-refractivity contribution in [2.45, 2.75) is 26.3 Å². The minimum atomic E-state index is -0.0261. The van der Waals surface area contributed by atoms with Gasteiger partial charge < -0.3 is 10.2 Å². The zero-order valence-corrected chi connectivity index (χ0v) is 15.3. The van der Waals surface area contributed by atoms with Crippen LogP contribution in [0.25, 0.3) is 0 Å². The van der Waals surface area contributed by atoms with Crippen LogP contribution in [0.4, 0.5) is 0 Å². The summed E-state index contributed by atoms with van der Waals surface area (Å²) in [5.41, 5.74) is 6.71. The van der Waals surface area contributed by atoms with E-state index in [-0.39, 0.29) is 5.91 Å². The number of hydrogen-bond donors (Lipinski definition) is 1. The number of nitrogens with one attached hydrogen (secondary N) is 1. The number of rotatable bonds is 4. The predicted octanol–water partition coefficient (Wildman–Crippen LogP) is 2.51. The zero-order chi connectivity index (χ0) is 18.1. The summed E-state index contributed by atoms with van der Waals surface area (Å²) < 4.78 is 1.78. The minimum absolute atomic E-state index is 0.0261. The standard InChI is InChI=1S/C21H24N4O/c1-15-19(14-24(2)23-15)13-22-21(26)18-7-6-16-8-10-25(20-4-3-5-20)11-9-17(16)12-18/h3-7,12,14H,8-11,13H2,1-2H3,(H,22,26). The van der Waals surface area contributed by atoms with Crippen LogP contribution in [0.1, 0.15) is 32.7 Å². The van der Waals surface area contributed by atoms with Crippen LogP contribution in [0.5, 0.6) is 0 Å². The predicted molar refractivity (Wildman–Crippen MR) is 102 cm³/mol. The summed E-state index contributed by atoms with van der Waals surface area (Å²) in [5.74, 6) is -0.0261. The van der Waals surface area contributed by atoms with Crippen molar-refractivity contribution in [2.24, 2.45) is 7.05 Å². The Balaban J connectivity index is 1.43. The Morgan fingerprint density at radius 1 is 1.23 bits per heavy atom. The summed E-state index contributed by atoms with van der Waals surface area (Å²) in [7, 11) is 1.89. The average Bonchev–Trinajstić information content (AvgIpc) is 2.78. The van der Waals surface area contributed by atoms with Crippen molar-refractivity contribution in [1.82, 2.24) is 20.0 Å². The lowest BCUT2D eigenvalue weighted by Crippen LogP contribution is -2.26. The molecule has 5 heteroatoms. The van der Waals surface area contributed by atoms with Crippen LogP contribution in [-0.4, -0.2) is 33.7 Å². The maximum absolute atomic E-state index is 12.6. The molecular formula is C21H24N4O. The van der Waals surface area contributed by atoms with Crippen molar-refractivity contribution in [3.63, 3.8) is 0 Å². The lowest BCUT2D eigenvalue weighted by Gasteiger charge is -2.26. The first-order chi connectivity index (χ1) is 12.6. The third-order valence-corrected chi connectivity index (χ3v) is 5.22. The average molecular weight is 348 g/mol. The van der Waals surface area contributed by atoms with Crippen molar-refractivity contribution < 1.29 is 4.79 Å². The lowest BCUT2D eigenvalue weighted by atomic mass is 10.00. The highest BCUT2D eigenvalue weighted by Crippen LogP contribution is 2.22. The van der Waals surface area contributed by atoms with Gasteiger partial charge in [0.15, 0.2) is 0 Å². The van der Waals surface area contributed by atoms with E-state index in [4.69, 9.17) is 0 Å². The monoisotopic (exact) mass is 348 g/mol. The van der Waals surface area contributed by atoms with E-state index < -0.39 is 0 Å². The van der Waals surface area contributed by atoms with Gasteiger partial charge in [0.1, 0.15) is 0 Å². The van der Waals surface area contributed by atoms with Gasteiger partial charge in [-0.05, 0) is 55.2 Å². The quantitative estimate of drug-likeness (QED) is 0.924. The fourth-order valence-electron chi connectivity index (χ4n) is 3.62. The molecule has 0 saturated carbocycles. The molecule has 1 aromatic carbocycles. The molecule has 26 heavy (non-hydrogen) atoms. The van der Waals surface area contributed by atoms with Crippen molar-refractivity contribution >= 4 is 5.91 Å². The molecule has 0 saturated heterocycles. The fourth-order valence-corrected chi connectivity index (χ4v) is 3.62. The Morgan fingerprint density at radius 2 is 2.00 bits per heavy atom. The maximum atomic E-state index is 12.6. The van der Waals surface area contributed by atoms with Crippen LogP contribution in [0.3, 0.4) is 0 Å². The molecule has 1 aromatic heterocycles. The van der Waals surface area contributed by atoms with Gasteiger partial charge in [-0.1, -0.05) is 12.1 Å². The van der Waals surface area contributed by atoms with Crippen LogP contribution in [0.15, 0.2) is 48.3 Å². The van der Waals surface area contributed by atoms with Crippen LogP contribution >= 0.6 is 0 Å². The Kier molecular flexibility index (Phi) is 4.37. The molecular weight excluding hydrogens is 324 g/mol. The number of hydrogen-bond acceptors (Lipinski definition) is 3. The Labute approximate surface area is 154 Å². The Hall–Kier alpha value is -2.82. The van der Waals surface area contributed by atoms with Crippen molar-refractivity contribution in [1.29, 1.82) is 0 Å². The number of amides is 1. The highest BCUT2D eigenvalue weighted by Gasteiger charge is 2.18. The third-order valence-electron chi connectivity index (χ3n) is 5.22. The van der Waals surface area contributed by atoms with Gasteiger partial charge in [0.05, 0.1) is 5.69 Å². The maximum Gasteiger partial charge on any atom is 0.251 e. The molecule has 0 spiro atoms. The van der Waals surface area contributed by atoms with E-state index in [1.807, 2.05) is 26.2 Å². The van der Waals surface area contributed by atoms with Gasteiger partial charge in [-0.25, -0.2) is 0 Å². The molecule has 0 bridgehead atoms. The largest absolute Gasteiger partial charge is 0.371 e. The molecule has 1 aliphatic carbocycles. The smallest absolute Gasteiger partial charge is 0.251 e. The highest BCUT2D eigenvalue weighted by atomic mass is 16.1. The third kappa shape index (κ3) is 3.29. The van der Waals surface area contributed by atoms with E-state index in [2.05, 4.69) is 45.7 Å². The number of aryl methyl sites for hydroxylation is 2. The van der Waals surface area contributed by atoms with E-state index in [0.717, 1.165) is 42.8 Å². The molecule has 134 valence electrons. The number of fused-ring (bicyclic) bond motifs is 1. The summed E-state index contributed by atoms with van der Waals surface area (Å²) in [6, 6.07) is 6.13. The SMILES string of the molecule is Cc1nn(C)cc1CNC(=O)c1ccc2c(c1)CCN(C1=CC=C1)CC2. The lowest BCUT2D eigenvalue weighted by molar-refractivity contribution is 0.0950. The van der Waals surface area contributed by atoms with Crippen LogP contribution in [0.2, 0.25) is 0 Å². The van der Waals surface area contributed by atoms with Crippen molar-refractivity contribution in [3.8, 4) is 0 Å². The molecule has 4 rings (SSSR count). The molecule has 2 heterocycles. The summed E-state index contributed by atoms with van der Waals surface area (Å²) in [6.45, 7) is 4.50. The van der Waals surface area contributed by atoms with E-state index >= 15 is 0 Å². The molecule has 1 aliphatic heterocycles. The second-order valence-corrected chi connectivity index (χ2v) is 7.02. The van der Waals surface area contributed by atoms with Crippen molar-refractivity contribution in [3.05, 3.63) is 76.3 Å². The van der Waals surface area contributed by atoms with Crippen molar-refractivity contribution in [2.75, 3.05) is 13.1 Å². The topological polar surface area (TPSA) is 50.2 Å². The number of carbonyl (C=O) groups is 1. The van der Waals surface area contributed by atoms with E-state index in [0.29, 0.717) is 6.54 Å². The van der Waals surface area contributed by atoms with Gasteiger partial charge in [0, 0.05) is 49.7 Å². The first-order valence-corrected chi connectivity index (χ1v) is 9.12. The van der Waals surface area contributed by atoms with Crippen LogP contribution in [-0.2, 0) is 26.4 Å². The normalized spacial score (nSPS) is 15.8. The molecule has 0 atom stereocenters. The molecule has 0 radical (unpaired) electrons. The molecule has 1 amide bonds. The van der Waals surface area contributed by atoms with E-state index in [1.54, 1.807) is 4.68 Å². The Morgan fingerprint density at radius 3 is 2.65 bits per heavy atom. The summed E-state index contributed by atoms with van der Waals surface area (Å²) in [6.07, 6.45) is 10.4. The van der Waals surface area contributed by atoms with Gasteiger partial charge in [-0.15, -0.1) is 0 Å². The van der Waals surface area contributed by atoms with Gasteiger partial charge >= 0.3 is 0 Å². The Bertz CT molecular complexity index is 907. The summed E-state index contributed by atoms with van der Waals surface area (Å²) in [4.78, 5) is 15.0. The minimum Gasteiger partial charge on any atom is -0.371 e. The number of allylic oxidation sites excluding steroid dienone is 3. The number of benzene rings is 1. The second kappa shape index (κ2) is 6.83. The fraction of sp³-hybridized carbons (Fsp3) is 0.333. The number of carbonyl (C=O) groups excluding carboxylic acids is 1. The van der Waals surface area contributed by atoms with Crippen LogP contribution < -0.4 is 5.32 Å². The van der Waals surface area contributed by atoms with Gasteiger partial charge in [-0.2, -0.15) is 5.10 Å². The highest BCUT2D eigenvalue weighted by molar-refractivity contribution is 5.94. The van der Waals surface area contributed by atoms with Gasteiger partial charge in [0.25, 0.3) is 5.91 Å². The molecule has 0 fully saturated rings. The first-order valence-electron chi connectivity index (χ1n) is 9.12. The first kappa shape index (κ1) is 16.6. The van der Waals surface area contributed by atoms with Gasteiger partial charge in [-0.3, -0.25) is 9.48 Å². The molecule has 2 aromatic rings. The summed E-state index contributed by atoms with van der Waals surface area (Å²) in [5, 5.41) is 7.33. The van der Waals surface area contributed by atoms with Gasteiger partial charge in [0.2, 0.25) is 0 Å². The molecule has 2 aliphatic rings. The molecule has 5 nitrogen and oxygen atoms in total. The number of nitrogens with zero attached hydrogens (tertiary/aromatic N) is 3. The van der Waals surface area contributed by atoms with Crippen LogP contribution in [0, 0.1) is 6.92 Å². The summed E-state index contributed by atoms with van der Waals surface area (Å²) >= 11 is 0.